The van der Waals surface area contributed by atoms with Crippen LogP contribution in [0.1, 0.15) is 5.56 Å². The van der Waals surface area contributed by atoms with E-state index in [0.29, 0.717) is 6.42 Å². The Kier molecular flexibility index (Phi) is 6.31. The second-order valence-electron chi connectivity index (χ2n) is 7.28. The second-order valence-corrected chi connectivity index (χ2v) is 7.28. The van der Waals surface area contributed by atoms with Crippen molar-refractivity contribution in [1.82, 2.24) is 9.88 Å². The molecule has 158 valence electrons. The number of aromatic nitrogens is 1. The van der Waals surface area contributed by atoms with Gasteiger partial charge in [-0.05, 0) is 54.4 Å². The van der Waals surface area contributed by atoms with Gasteiger partial charge in [0.2, 0.25) is 5.91 Å². The number of rotatable bonds is 8. The Morgan fingerprint density at radius 2 is 1.65 bits per heavy atom. The van der Waals surface area contributed by atoms with Gasteiger partial charge < -0.3 is 25.5 Å². The molecule has 1 heterocycles. The van der Waals surface area contributed by atoms with Gasteiger partial charge in [0, 0.05) is 23.8 Å². The normalized spacial score (nSPS) is 11.9. The lowest BCUT2D eigenvalue weighted by Gasteiger charge is -2.11. The summed E-state index contributed by atoms with van der Waals surface area (Å²) in [5.41, 5.74) is 9.12. The summed E-state index contributed by atoms with van der Waals surface area (Å²) in [6.07, 6.45) is 2.43. The second kappa shape index (κ2) is 9.47. The number of aliphatic hydroxyl groups is 1. The minimum Gasteiger partial charge on any atom is -0.457 e. The SMILES string of the molecule is NC(Cc1cn(-c2ccc(Oc3ccccc3)cc2)c2ccccc12)C(=O)NCCO. The Morgan fingerprint density at radius 1 is 0.968 bits per heavy atom. The van der Waals surface area contributed by atoms with Gasteiger partial charge in [-0.15, -0.1) is 0 Å². The maximum Gasteiger partial charge on any atom is 0.237 e. The zero-order valence-corrected chi connectivity index (χ0v) is 17.1. The van der Waals surface area contributed by atoms with Gasteiger partial charge >= 0.3 is 0 Å². The maximum absolute atomic E-state index is 12.1. The Morgan fingerprint density at radius 3 is 2.39 bits per heavy atom. The molecule has 0 aliphatic carbocycles. The maximum atomic E-state index is 12.1. The largest absolute Gasteiger partial charge is 0.457 e. The zero-order chi connectivity index (χ0) is 21.6. The van der Waals surface area contributed by atoms with Crippen LogP contribution < -0.4 is 15.8 Å². The molecular weight excluding hydrogens is 390 g/mol. The smallest absolute Gasteiger partial charge is 0.237 e. The molecule has 0 saturated heterocycles. The highest BCUT2D eigenvalue weighted by atomic mass is 16.5. The lowest BCUT2D eigenvalue weighted by molar-refractivity contribution is -0.122. The number of carbonyl (C=O) groups is 1. The van der Waals surface area contributed by atoms with Gasteiger partial charge in [0.15, 0.2) is 0 Å². The summed E-state index contributed by atoms with van der Waals surface area (Å²) in [7, 11) is 0. The van der Waals surface area contributed by atoms with E-state index in [1.165, 1.54) is 0 Å². The minimum atomic E-state index is -0.688. The van der Waals surface area contributed by atoms with Crippen LogP contribution in [-0.4, -0.2) is 34.8 Å². The number of carbonyl (C=O) groups excluding carboxylic acids is 1. The summed E-state index contributed by atoms with van der Waals surface area (Å²) in [5.74, 6) is 1.28. The Balaban J connectivity index is 1.59. The fourth-order valence-corrected chi connectivity index (χ4v) is 3.57. The van der Waals surface area contributed by atoms with Gasteiger partial charge in [-0.25, -0.2) is 0 Å². The molecule has 0 aliphatic rings. The molecule has 0 saturated carbocycles. The van der Waals surface area contributed by atoms with Crippen molar-refractivity contribution in [2.45, 2.75) is 12.5 Å². The standard InChI is InChI=1S/C25H25N3O3/c26-23(25(30)27-14-15-29)16-18-17-28(24-9-5-4-8-22(18)24)19-10-12-21(13-11-19)31-20-6-2-1-3-7-20/h1-13,17,23,29H,14-16,26H2,(H,27,30). The molecule has 1 atom stereocenters. The number of hydrogen-bond donors (Lipinski definition) is 3. The Hall–Kier alpha value is -3.61. The van der Waals surface area contributed by atoms with Crippen LogP contribution in [0.3, 0.4) is 0 Å². The number of nitrogens with two attached hydrogens (primary N) is 1. The van der Waals surface area contributed by atoms with Gasteiger partial charge in [0.25, 0.3) is 0 Å². The molecule has 0 aliphatic heterocycles. The topological polar surface area (TPSA) is 89.5 Å². The highest BCUT2D eigenvalue weighted by Gasteiger charge is 2.17. The summed E-state index contributed by atoms with van der Waals surface area (Å²) in [5, 5.41) is 12.6. The van der Waals surface area contributed by atoms with Crippen LogP contribution in [0.5, 0.6) is 11.5 Å². The Labute approximate surface area is 180 Å². The molecule has 31 heavy (non-hydrogen) atoms. The van der Waals surface area contributed by atoms with Gasteiger partial charge in [-0.1, -0.05) is 36.4 Å². The van der Waals surface area contributed by atoms with Gasteiger partial charge in [-0.2, -0.15) is 0 Å². The van der Waals surface area contributed by atoms with Gasteiger partial charge in [0.05, 0.1) is 18.2 Å². The number of nitrogens with zero attached hydrogens (tertiary/aromatic N) is 1. The van der Waals surface area contributed by atoms with E-state index >= 15 is 0 Å². The first kappa shape index (κ1) is 20.7. The van der Waals surface area contributed by atoms with Crippen molar-refractivity contribution in [3.8, 4) is 17.2 Å². The molecule has 4 rings (SSSR count). The van der Waals surface area contributed by atoms with E-state index in [-0.39, 0.29) is 19.1 Å². The molecule has 1 aromatic heterocycles. The number of ether oxygens (including phenoxy) is 1. The van der Waals surface area contributed by atoms with E-state index in [2.05, 4.69) is 9.88 Å². The van der Waals surface area contributed by atoms with Crippen LogP contribution >= 0.6 is 0 Å². The summed E-state index contributed by atoms with van der Waals surface area (Å²) in [4.78, 5) is 12.1. The molecule has 0 radical (unpaired) electrons. The zero-order valence-electron chi connectivity index (χ0n) is 17.1. The molecule has 4 aromatic rings. The van der Waals surface area contributed by atoms with Crippen LogP contribution in [0.25, 0.3) is 16.6 Å². The number of para-hydroxylation sites is 2. The highest BCUT2D eigenvalue weighted by molar-refractivity contribution is 5.87. The Bertz CT molecular complexity index is 1150. The summed E-state index contributed by atoms with van der Waals surface area (Å²) < 4.78 is 7.98. The van der Waals surface area contributed by atoms with E-state index in [1.54, 1.807) is 0 Å². The molecule has 1 amide bonds. The predicted octanol–water partition coefficient (Wildman–Crippen LogP) is 3.40. The number of aliphatic hydroxyl groups excluding tert-OH is 1. The van der Waals surface area contributed by atoms with Crippen molar-refractivity contribution in [1.29, 1.82) is 0 Å². The molecule has 6 heteroatoms. The predicted molar refractivity (Wildman–Crippen MR) is 122 cm³/mol. The molecular formula is C25H25N3O3. The molecule has 0 spiro atoms. The fraction of sp³-hybridized carbons (Fsp3) is 0.160. The molecule has 3 aromatic carbocycles. The number of benzene rings is 3. The monoisotopic (exact) mass is 415 g/mol. The molecule has 4 N–H and O–H groups in total. The number of amides is 1. The first-order valence-electron chi connectivity index (χ1n) is 10.2. The average molecular weight is 415 g/mol. The average Bonchev–Trinajstić information content (AvgIpc) is 3.17. The summed E-state index contributed by atoms with van der Waals surface area (Å²) >= 11 is 0. The van der Waals surface area contributed by atoms with Crippen molar-refractivity contribution in [2.24, 2.45) is 5.73 Å². The molecule has 6 nitrogen and oxygen atoms in total. The minimum absolute atomic E-state index is 0.109. The molecule has 0 fully saturated rings. The lowest BCUT2D eigenvalue weighted by Crippen LogP contribution is -2.42. The van der Waals surface area contributed by atoms with E-state index in [9.17, 15) is 4.79 Å². The summed E-state index contributed by atoms with van der Waals surface area (Å²) in [6.45, 7) is 0.0907. The van der Waals surface area contributed by atoms with E-state index < -0.39 is 6.04 Å². The first-order valence-corrected chi connectivity index (χ1v) is 10.2. The van der Waals surface area contributed by atoms with Crippen LogP contribution in [0.4, 0.5) is 0 Å². The van der Waals surface area contributed by atoms with Crippen LogP contribution in [-0.2, 0) is 11.2 Å². The highest BCUT2D eigenvalue weighted by Crippen LogP contribution is 2.28. The van der Waals surface area contributed by atoms with E-state index in [0.717, 1.165) is 33.7 Å². The quantitative estimate of drug-likeness (QED) is 0.411. The van der Waals surface area contributed by atoms with Crippen molar-refractivity contribution in [3.63, 3.8) is 0 Å². The molecule has 1 unspecified atom stereocenters. The van der Waals surface area contributed by atoms with Gasteiger partial charge in [0.1, 0.15) is 11.5 Å². The van der Waals surface area contributed by atoms with Crippen LogP contribution in [0.15, 0.2) is 85.1 Å². The number of nitrogens with one attached hydrogen (secondary N) is 1. The molecule has 0 bridgehead atoms. The van der Waals surface area contributed by atoms with Gasteiger partial charge in [-0.3, -0.25) is 4.79 Å². The number of fused-ring (bicyclic) bond motifs is 1. The van der Waals surface area contributed by atoms with Crippen molar-refractivity contribution in [2.75, 3.05) is 13.2 Å². The third-order valence-electron chi connectivity index (χ3n) is 5.08. The van der Waals surface area contributed by atoms with E-state index in [4.69, 9.17) is 15.6 Å². The first-order chi connectivity index (χ1) is 15.2. The van der Waals surface area contributed by atoms with E-state index in [1.807, 2.05) is 85.1 Å². The fourth-order valence-electron chi connectivity index (χ4n) is 3.57. The lowest BCUT2D eigenvalue weighted by atomic mass is 10.1. The third-order valence-corrected chi connectivity index (χ3v) is 5.08. The van der Waals surface area contributed by atoms with Crippen molar-refractivity contribution >= 4 is 16.8 Å². The van der Waals surface area contributed by atoms with Crippen molar-refractivity contribution in [3.05, 3.63) is 90.6 Å². The third kappa shape index (κ3) is 4.77. The number of hydrogen-bond acceptors (Lipinski definition) is 4. The van der Waals surface area contributed by atoms with Crippen molar-refractivity contribution < 1.29 is 14.6 Å². The summed E-state index contributed by atoms with van der Waals surface area (Å²) in [6, 6.07) is 24.9. The van der Waals surface area contributed by atoms with Crippen LogP contribution in [0.2, 0.25) is 0 Å². The van der Waals surface area contributed by atoms with Crippen LogP contribution in [0, 0.1) is 0 Å².